The van der Waals surface area contributed by atoms with Crippen LogP contribution in [-0.4, -0.2) is 59.2 Å². The summed E-state index contributed by atoms with van der Waals surface area (Å²) >= 11 is 0. The number of rotatable bonds is 8. The average molecular weight is 348 g/mol. The van der Waals surface area contributed by atoms with E-state index in [4.69, 9.17) is 4.74 Å². The number of sulfone groups is 1. The highest BCUT2D eigenvalue weighted by molar-refractivity contribution is 7.92. The third-order valence-corrected chi connectivity index (χ3v) is 7.19. The molecular weight excluding hydrogens is 314 g/mol. The van der Waals surface area contributed by atoms with Gasteiger partial charge in [0.15, 0.2) is 15.8 Å². The Morgan fingerprint density at radius 2 is 1.87 bits per heavy atom. The van der Waals surface area contributed by atoms with Crippen LogP contribution >= 0.6 is 0 Å². The SMILES string of the molecule is CN=C(NCC1(CCOC)CCCC1)NCC(C)(C)S(C)(=O)=O. The van der Waals surface area contributed by atoms with Crippen molar-refractivity contribution in [1.82, 2.24) is 10.6 Å². The van der Waals surface area contributed by atoms with Crippen molar-refractivity contribution in [3.05, 3.63) is 0 Å². The molecule has 1 fully saturated rings. The maximum atomic E-state index is 11.8. The molecule has 23 heavy (non-hydrogen) atoms. The van der Waals surface area contributed by atoms with E-state index < -0.39 is 14.6 Å². The minimum Gasteiger partial charge on any atom is -0.385 e. The Morgan fingerprint density at radius 1 is 1.26 bits per heavy atom. The first kappa shape index (κ1) is 20.2. The highest BCUT2D eigenvalue weighted by Gasteiger charge is 2.34. The highest BCUT2D eigenvalue weighted by Crippen LogP contribution is 2.40. The van der Waals surface area contributed by atoms with Crippen molar-refractivity contribution in [3.8, 4) is 0 Å². The van der Waals surface area contributed by atoms with E-state index in [0.29, 0.717) is 12.5 Å². The van der Waals surface area contributed by atoms with Crippen LogP contribution in [0, 0.1) is 5.41 Å². The molecule has 0 aliphatic heterocycles. The first-order valence-electron chi connectivity index (χ1n) is 8.29. The number of ether oxygens (including phenoxy) is 1. The van der Waals surface area contributed by atoms with Crippen LogP contribution in [0.15, 0.2) is 4.99 Å². The van der Waals surface area contributed by atoms with Gasteiger partial charge in [-0.15, -0.1) is 0 Å². The van der Waals surface area contributed by atoms with E-state index in [-0.39, 0.29) is 5.41 Å². The Labute approximate surface area is 141 Å². The number of hydrogen-bond donors (Lipinski definition) is 2. The molecule has 1 aliphatic rings. The molecule has 0 spiro atoms. The van der Waals surface area contributed by atoms with E-state index in [1.807, 2.05) is 0 Å². The largest absolute Gasteiger partial charge is 0.385 e. The highest BCUT2D eigenvalue weighted by atomic mass is 32.2. The maximum Gasteiger partial charge on any atom is 0.191 e. The summed E-state index contributed by atoms with van der Waals surface area (Å²) in [6.07, 6.45) is 7.24. The summed E-state index contributed by atoms with van der Waals surface area (Å²) in [5.74, 6) is 0.658. The topological polar surface area (TPSA) is 79.8 Å². The smallest absolute Gasteiger partial charge is 0.191 e. The third-order valence-electron chi connectivity index (χ3n) is 5.04. The summed E-state index contributed by atoms with van der Waals surface area (Å²) < 4.78 is 28.0. The van der Waals surface area contributed by atoms with Crippen molar-refractivity contribution in [2.45, 2.75) is 50.7 Å². The molecule has 0 unspecified atom stereocenters. The van der Waals surface area contributed by atoms with Crippen LogP contribution in [0.4, 0.5) is 0 Å². The molecule has 0 radical (unpaired) electrons. The van der Waals surface area contributed by atoms with Gasteiger partial charge in [0.05, 0.1) is 4.75 Å². The first-order valence-corrected chi connectivity index (χ1v) is 10.2. The van der Waals surface area contributed by atoms with E-state index in [2.05, 4.69) is 15.6 Å². The molecule has 0 saturated heterocycles. The van der Waals surface area contributed by atoms with Gasteiger partial charge in [-0.1, -0.05) is 12.8 Å². The van der Waals surface area contributed by atoms with E-state index in [1.54, 1.807) is 28.0 Å². The molecule has 0 aromatic rings. The van der Waals surface area contributed by atoms with Crippen LogP contribution in [0.25, 0.3) is 0 Å². The fourth-order valence-electron chi connectivity index (χ4n) is 2.88. The Kier molecular flexibility index (Phi) is 7.32. The first-order chi connectivity index (χ1) is 10.7. The monoisotopic (exact) mass is 347 g/mol. The van der Waals surface area contributed by atoms with E-state index in [0.717, 1.165) is 19.6 Å². The lowest BCUT2D eigenvalue weighted by Crippen LogP contribution is -2.49. The molecule has 0 aromatic heterocycles. The molecule has 7 heteroatoms. The minimum absolute atomic E-state index is 0.264. The van der Waals surface area contributed by atoms with Crippen molar-refractivity contribution < 1.29 is 13.2 Å². The van der Waals surface area contributed by atoms with E-state index in [9.17, 15) is 8.42 Å². The van der Waals surface area contributed by atoms with Gasteiger partial charge in [-0.2, -0.15) is 0 Å². The molecular formula is C16H33N3O3S. The predicted octanol–water partition coefficient (Wildman–Crippen LogP) is 1.57. The molecule has 2 N–H and O–H groups in total. The van der Waals surface area contributed by atoms with E-state index in [1.165, 1.54) is 31.9 Å². The van der Waals surface area contributed by atoms with Gasteiger partial charge in [-0.3, -0.25) is 4.99 Å². The average Bonchev–Trinajstić information content (AvgIpc) is 2.93. The summed E-state index contributed by atoms with van der Waals surface area (Å²) in [5, 5.41) is 6.52. The Bertz CT molecular complexity index is 495. The number of methoxy groups -OCH3 is 1. The molecule has 0 aromatic carbocycles. The van der Waals surface area contributed by atoms with Gasteiger partial charge in [-0.25, -0.2) is 8.42 Å². The number of guanidine groups is 1. The summed E-state index contributed by atoms with van der Waals surface area (Å²) in [7, 11) is 0.325. The number of aliphatic imine (C=N–C) groups is 1. The van der Waals surface area contributed by atoms with Crippen molar-refractivity contribution in [2.24, 2.45) is 10.4 Å². The molecule has 0 heterocycles. The van der Waals surface area contributed by atoms with Gasteiger partial charge in [-0.05, 0) is 38.5 Å². The molecule has 0 atom stereocenters. The van der Waals surface area contributed by atoms with Crippen LogP contribution in [-0.2, 0) is 14.6 Å². The molecule has 1 rings (SSSR count). The molecule has 1 aliphatic carbocycles. The number of nitrogens with one attached hydrogen (secondary N) is 2. The van der Waals surface area contributed by atoms with Crippen molar-refractivity contribution in [1.29, 1.82) is 0 Å². The van der Waals surface area contributed by atoms with Gasteiger partial charge in [0.2, 0.25) is 0 Å². The Morgan fingerprint density at radius 3 is 2.35 bits per heavy atom. The van der Waals surface area contributed by atoms with Gasteiger partial charge < -0.3 is 15.4 Å². The second-order valence-corrected chi connectivity index (χ2v) is 9.91. The predicted molar refractivity (Wildman–Crippen MR) is 95.7 cm³/mol. The summed E-state index contributed by atoms with van der Waals surface area (Å²) in [5.41, 5.74) is 0.264. The number of nitrogens with zero attached hydrogens (tertiary/aromatic N) is 1. The zero-order valence-corrected chi connectivity index (χ0v) is 16.1. The second kappa shape index (κ2) is 8.33. The molecule has 136 valence electrons. The van der Waals surface area contributed by atoms with Crippen LogP contribution < -0.4 is 10.6 Å². The zero-order valence-electron chi connectivity index (χ0n) is 15.2. The van der Waals surface area contributed by atoms with Crippen LogP contribution in [0.1, 0.15) is 46.0 Å². The summed E-state index contributed by atoms with van der Waals surface area (Å²) in [6, 6.07) is 0. The fraction of sp³-hybridized carbons (Fsp3) is 0.938. The normalized spacial score (nSPS) is 18.9. The van der Waals surface area contributed by atoms with Crippen molar-refractivity contribution in [3.63, 3.8) is 0 Å². The summed E-state index contributed by atoms with van der Waals surface area (Å²) in [6.45, 7) is 5.39. The van der Waals surface area contributed by atoms with Crippen LogP contribution in [0.3, 0.4) is 0 Å². The minimum atomic E-state index is -3.12. The number of hydrogen-bond acceptors (Lipinski definition) is 4. The van der Waals surface area contributed by atoms with Gasteiger partial charge in [0.25, 0.3) is 0 Å². The third kappa shape index (κ3) is 5.95. The molecule has 0 bridgehead atoms. The Balaban J connectivity index is 2.56. The lowest BCUT2D eigenvalue weighted by atomic mass is 9.83. The van der Waals surface area contributed by atoms with Gasteiger partial charge in [0.1, 0.15) is 0 Å². The maximum absolute atomic E-state index is 11.8. The second-order valence-electron chi connectivity index (χ2n) is 7.26. The van der Waals surface area contributed by atoms with E-state index >= 15 is 0 Å². The van der Waals surface area contributed by atoms with Crippen molar-refractivity contribution in [2.75, 3.05) is 40.1 Å². The lowest BCUT2D eigenvalue weighted by molar-refractivity contribution is 0.138. The lowest BCUT2D eigenvalue weighted by Gasteiger charge is -2.30. The Hall–Kier alpha value is -0.820. The van der Waals surface area contributed by atoms with Crippen molar-refractivity contribution >= 4 is 15.8 Å². The fourth-order valence-corrected chi connectivity index (χ4v) is 3.21. The van der Waals surface area contributed by atoms with Crippen LogP contribution in [0.2, 0.25) is 0 Å². The van der Waals surface area contributed by atoms with Gasteiger partial charge in [0, 0.05) is 40.1 Å². The molecule has 6 nitrogen and oxygen atoms in total. The molecule has 0 amide bonds. The zero-order chi connectivity index (χ0) is 17.6. The molecule has 1 saturated carbocycles. The standard InChI is InChI=1S/C16H33N3O3S/c1-15(2,23(5,20)21)12-18-14(17-3)19-13-16(10-11-22-4)8-6-7-9-16/h6-13H2,1-5H3,(H2,17,18,19). The van der Waals surface area contributed by atoms with Crippen LogP contribution in [0.5, 0.6) is 0 Å². The summed E-state index contributed by atoms with van der Waals surface area (Å²) in [4.78, 5) is 4.21. The van der Waals surface area contributed by atoms with Gasteiger partial charge >= 0.3 is 0 Å². The quantitative estimate of drug-likeness (QED) is 0.515.